The van der Waals surface area contributed by atoms with Gasteiger partial charge in [-0.3, -0.25) is 0 Å². The molecule has 0 saturated carbocycles. The molecule has 15 heavy (non-hydrogen) atoms. The number of hydrogen-bond acceptors (Lipinski definition) is 3. The minimum absolute atomic E-state index is 0.169. The van der Waals surface area contributed by atoms with Gasteiger partial charge in [-0.05, 0) is 11.6 Å². The van der Waals surface area contributed by atoms with Crippen molar-refractivity contribution in [2.75, 3.05) is 0 Å². The smallest absolute Gasteiger partial charge is 0.232 e. The van der Waals surface area contributed by atoms with Crippen LogP contribution in [0.15, 0.2) is 22.7 Å². The molecule has 6 heteroatoms. The van der Waals surface area contributed by atoms with E-state index in [1.165, 1.54) is 12.1 Å². The van der Waals surface area contributed by atoms with Crippen LogP contribution in [0.25, 0.3) is 0 Å². The molecule has 2 rings (SSSR count). The van der Waals surface area contributed by atoms with Crippen LogP contribution in [0.4, 0.5) is 8.78 Å². The normalized spacial score (nSPS) is 10.6. The Kier molecular flexibility index (Phi) is 2.94. The Bertz CT molecular complexity index is 487. The Morgan fingerprint density at radius 1 is 1.33 bits per heavy atom. The molecule has 0 aliphatic heterocycles. The molecule has 1 aromatic carbocycles. The fourth-order valence-electron chi connectivity index (χ4n) is 1.13. The minimum Gasteiger partial charge on any atom is -0.338 e. The maximum Gasteiger partial charge on any atom is 0.232 e. The maximum atomic E-state index is 13.2. The third kappa shape index (κ3) is 2.49. The van der Waals surface area contributed by atoms with Crippen molar-refractivity contribution < 1.29 is 13.3 Å². The molecule has 0 aliphatic rings. The molecule has 0 amide bonds. The molecule has 2 aromatic rings. The van der Waals surface area contributed by atoms with Gasteiger partial charge in [-0.1, -0.05) is 11.2 Å². The largest absolute Gasteiger partial charge is 0.338 e. The highest BCUT2D eigenvalue weighted by atomic mass is 127. The summed E-state index contributed by atoms with van der Waals surface area (Å²) in [6, 6.07) is 3.39. The predicted molar refractivity (Wildman–Crippen MR) is 56.2 cm³/mol. The van der Waals surface area contributed by atoms with E-state index in [9.17, 15) is 8.78 Å². The number of halogens is 3. The van der Waals surface area contributed by atoms with Gasteiger partial charge in [0.15, 0.2) is 0 Å². The Morgan fingerprint density at radius 2 is 2.13 bits per heavy atom. The van der Waals surface area contributed by atoms with Crippen LogP contribution >= 0.6 is 22.6 Å². The molecule has 0 saturated heterocycles. The SMILES string of the molecule is Fc1ccc(Cc2nc(I)no2)c(F)c1. The van der Waals surface area contributed by atoms with E-state index < -0.39 is 11.6 Å². The molecule has 0 atom stereocenters. The average molecular weight is 322 g/mol. The summed E-state index contributed by atoms with van der Waals surface area (Å²) in [5.74, 6) is -0.899. The van der Waals surface area contributed by atoms with Gasteiger partial charge in [0, 0.05) is 28.7 Å². The number of benzene rings is 1. The molecule has 0 radical (unpaired) electrons. The molecule has 1 aromatic heterocycles. The van der Waals surface area contributed by atoms with E-state index in [1.807, 2.05) is 22.6 Å². The highest BCUT2D eigenvalue weighted by Crippen LogP contribution is 2.13. The Morgan fingerprint density at radius 3 is 2.73 bits per heavy atom. The third-order valence-electron chi connectivity index (χ3n) is 1.80. The van der Waals surface area contributed by atoms with Crippen molar-refractivity contribution in [1.29, 1.82) is 0 Å². The van der Waals surface area contributed by atoms with Gasteiger partial charge in [0.25, 0.3) is 0 Å². The molecule has 3 nitrogen and oxygen atoms in total. The molecule has 0 fully saturated rings. The first-order valence-electron chi connectivity index (χ1n) is 4.07. The van der Waals surface area contributed by atoms with E-state index in [0.717, 1.165) is 6.07 Å². The zero-order valence-corrected chi connectivity index (χ0v) is 9.53. The van der Waals surface area contributed by atoms with Crippen LogP contribution in [0, 0.1) is 15.5 Å². The summed E-state index contributed by atoms with van der Waals surface area (Å²) in [5, 5.41) is 3.56. The highest BCUT2D eigenvalue weighted by molar-refractivity contribution is 14.1. The zero-order valence-electron chi connectivity index (χ0n) is 7.38. The van der Waals surface area contributed by atoms with Crippen molar-refractivity contribution in [3.8, 4) is 0 Å². The number of aromatic nitrogens is 2. The van der Waals surface area contributed by atoms with Gasteiger partial charge in [-0.25, -0.2) is 8.78 Å². The molecule has 78 valence electrons. The summed E-state index contributed by atoms with van der Waals surface area (Å²) in [7, 11) is 0. The minimum atomic E-state index is -0.608. The quantitative estimate of drug-likeness (QED) is 0.798. The first-order valence-corrected chi connectivity index (χ1v) is 5.15. The van der Waals surface area contributed by atoms with E-state index >= 15 is 0 Å². The summed E-state index contributed by atoms with van der Waals surface area (Å²) in [6.45, 7) is 0. The Balaban J connectivity index is 2.24. The molecule has 0 aliphatic carbocycles. The van der Waals surface area contributed by atoms with Gasteiger partial charge in [0.2, 0.25) is 9.72 Å². The summed E-state index contributed by atoms with van der Waals surface area (Å²) < 4.78 is 31.1. The number of hydrogen-bond donors (Lipinski definition) is 0. The van der Waals surface area contributed by atoms with Gasteiger partial charge >= 0.3 is 0 Å². The van der Waals surface area contributed by atoms with Crippen LogP contribution in [0.1, 0.15) is 11.5 Å². The number of nitrogens with zero attached hydrogens (tertiary/aromatic N) is 2. The predicted octanol–water partition coefficient (Wildman–Crippen LogP) is 2.54. The van der Waals surface area contributed by atoms with Gasteiger partial charge in [0.1, 0.15) is 11.6 Å². The molecule has 0 spiro atoms. The summed E-state index contributed by atoms with van der Waals surface area (Å²) in [4.78, 5) is 3.92. The molecule has 0 unspecified atom stereocenters. The van der Waals surface area contributed by atoms with Crippen molar-refractivity contribution >= 4 is 22.6 Å². The molecule has 0 N–H and O–H groups in total. The topological polar surface area (TPSA) is 38.9 Å². The summed E-state index contributed by atoms with van der Waals surface area (Å²) >= 11 is 1.89. The Hall–Kier alpha value is -1.05. The van der Waals surface area contributed by atoms with Gasteiger partial charge in [0.05, 0.1) is 6.42 Å². The van der Waals surface area contributed by atoms with Crippen LogP contribution in [0.3, 0.4) is 0 Å². The second-order valence-corrected chi connectivity index (χ2v) is 3.83. The van der Waals surface area contributed by atoms with E-state index in [1.54, 1.807) is 0 Å². The summed E-state index contributed by atoms with van der Waals surface area (Å²) in [5.41, 5.74) is 0.330. The van der Waals surface area contributed by atoms with Gasteiger partial charge in [-0.15, -0.1) is 0 Å². The first kappa shape index (κ1) is 10.5. The van der Waals surface area contributed by atoms with Crippen molar-refractivity contribution in [2.24, 2.45) is 0 Å². The van der Waals surface area contributed by atoms with Crippen molar-refractivity contribution in [3.63, 3.8) is 0 Å². The van der Waals surface area contributed by atoms with Crippen LogP contribution in [0.2, 0.25) is 0 Å². The lowest BCUT2D eigenvalue weighted by Gasteiger charge is -1.98. The Labute approximate surface area is 97.6 Å². The van der Waals surface area contributed by atoms with Crippen LogP contribution in [-0.4, -0.2) is 10.1 Å². The third-order valence-corrected chi connectivity index (χ3v) is 2.24. The van der Waals surface area contributed by atoms with E-state index in [4.69, 9.17) is 4.52 Å². The zero-order chi connectivity index (χ0) is 10.8. The fourth-order valence-corrected chi connectivity index (χ4v) is 1.50. The average Bonchev–Trinajstić information content (AvgIpc) is 2.56. The maximum absolute atomic E-state index is 13.2. The highest BCUT2D eigenvalue weighted by Gasteiger charge is 2.09. The lowest BCUT2D eigenvalue weighted by molar-refractivity contribution is 0.380. The van der Waals surface area contributed by atoms with Crippen molar-refractivity contribution in [1.82, 2.24) is 10.1 Å². The molecule has 1 heterocycles. The van der Waals surface area contributed by atoms with Crippen molar-refractivity contribution in [2.45, 2.75) is 6.42 Å². The standard InChI is InChI=1S/C9H5F2IN2O/c10-6-2-1-5(7(11)4-6)3-8-13-9(12)14-15-8/h1-2,4H,3H2. The molecule has 0 bridgehead atoms. The van der Waals surface area contributed by atoms with E-state index in [-0.39, 0.29) is 6.42 Å². The van der Waals surface area contributed by atoms with Crippen LogP contribution in [-0.2, 0) is 6.42 Å². The van der Waals surface area contributed by atoms with Crippen LogP contribution < -0.4 is 0 Å². The van der Waals surface area contributed by atoms with E-state index in [0.29, 0.717) is 15.3 Å². The monoisotopic (exact) mass is 322 g/mol. The molecular formula is C9H5F2IN2O. The van der Waals surface area contributed by atoms with Crippen LogP contribution in [0.5, 0.6) is 0 Å². The first-order chi connectivity index (χ1) is 7.15. The fraction of sp³-hybridized carbons (Fsp3) is 0.111. The number of rotatable bonds is 2. The lowest BCUT2D eigenvalue weighted by atomic mass is 10.1. The van der Waals surface area contributed by atoms with E-state index in [2.05, 4.69) is 10.1 Å². The summed E-state index contributed by atoms with van der Waals surface area (Å²) in [6.07, 6.45) is 0.169. The van der Waals surface area contributed by atoms with Gasteiger partial charge in [-0.2, -0.15) is 4.98 Å². The second-order valence-electron chi connectivity index (χ2n) is 2.87. The molecular weight excluding hydrogens is 317 g/mol. The van der Waals surface area contributed by atoms with Crippen molar-refractivity contribution in [3.05, 3.63) is 45.1 Å². The lowest BCUT2D eigenvalue weighted by Crippen LogP contribution is -1.93. The second kappa shape index (κ2) is 4.21. The van der Waals surface area contributed by atoms with Gasteiger partial charge < -0.3 is 4.52 Å².